The van der Waals surface area contributed by atoms with E-state index in [2.05, 4.69) is 30.7 Å². The highest BCUT2D eigenvalue weighted by Gasteiger charge is 2.24. The fourth-order valence-electron chi connectivity index (χ4n) is 1.80. The first kappa shape index (κ1) is 14.0. The molecule has 1 aromatic heterocycles. The van der Waals surface area contributed by atoms with Gasteiger partial charge in [-0.1, -0.05) is 6.92 Å². The third kappa shape index (κ3) is 3.19. The van der Waals surface area contributed by atoms with Crippen LogP contribution in [0.5, 0.6) is 0 Å². The normalized spacial score (nSPS) is 12.2. The first-order valence-corrected chi connectivity index (χ1v) is 6.18. The molecular formula is C14H24N2O. The van der Waals surface area contributed by atoms with Gasteiger partial charge < -0.3 is 4.98 Å². The number of H-pyrrole nitrogens is 1. The molecule has 1 rings (SSSR count). The highest BCUT2D eigenvalue weighted by atomic mass is 16.1. The molecule has 0 bridgehead atoms. The molecule has 0 saturated heterocycles. The predicted molar refractivity (Wildman–Crippen MR) is 71.6 cm³/mol. The van der Waals surface area contributed by atoms with Gasteiger partial charge >= 0.3 is 0 Å². The quantitative estimate of drug-likeness (QED) is 0.798. The molecule has 0 aliphatic rings. The van der Waals surface area contributed by atoms with E-state index >= 15 is 0 Å². The van der Waals surface area contributed by atoms with Gasteiger partial charge in [-0.3, -0.25) is 9.69 Å². The van der Waals surface area contributed by atoms with E-state index in [-0.39, 0.29) is 11.3 Å². The second-order valence-electron chi connectivity index (χ2n) is 5.44. The molecule has 0 saturated carbocycles. The Hall–Kier alpha value is -1.09. The minimum absolute atomic E-state index is 0.0644. The molecule has 1 aromatic rings. The second-order valence-corrected chi connectivity index (χ2v) is 5.44. The number of likely N-dealkylation sites (N-methyl/N-ethyl adjacent to an activating group) is 1. The van der Waals surface area contributed by atoms with E-state index in [1.54, 1.807) is 0 Å². The average Bonchev–Trinajstić information content (AvgIpc) is 2.57. The van der Waals surface area contributed by atoms with Crippen molar-refractivity contribution in [1.29, 1.82) is 0 Å². The highest BCUT2D eigenvalue weighted by molar-refractivity contribution is 5.98. The van der Waals surface area contributed by atoms with Gasteiger partial charge in [0.15, 0.2) is 5.78 Å². The number of carbonyl (C=O) groups is 1. The number of nitrogens with zero attached hydrogens (tertiary/aromatic N) is 1. The van der Waals surface area contributed by atoms with Crippen molar-refractivity contribution in [3.8, 4) is 0 Å². The van der Waals surface area contributed by atoms with Crippen molar-refractivity contribution >= 4 is 5.78 Å². The maximum absolute atomic E-state index is 12.2. The minimum atomic E-state index is 0.0644. The van der Waals surface area contributed by atoms with E-state index in [1.165, 1.54) is 0 Å². The minimum Gasteiger partial charge on any atom is -0.362 e. The third-order valence-corrected chi connectivity index (χ3v) is 3.73. The van der Waals surface area contributed by atoms with Crippen molar-refractivity contribution in [3.63, 3.8) is 0 Å². The summed E-state index contributed by atoms with van der Waals surface area (Å²) in [6.07, 6.45) is 1.03. The van der Waals surface area contributed by atoms with E-state index in [0.29, 0.717) is 6.54 Å². The fraction of sp³-hybridized carbons (Fsp3) is 0.643. The molecule has 17 heavy (non-hydrogen) atoms. The lowest BCUT2D eigenvalue weighted by atomic mass is 9.99. The van der Waals surface area contributed by atoms with Crippen molar-refractivity contribution in [1.82, 2.24) is 9.88 Å². The summed E-state index contributed by atoms with van der Waals surface area (Å²) in [6, 6.07) is 1.93. The van der Waals surface area contributed by atoms with Crippen molar-refractivity contribution in [2.75, 3.05) is 13.6 Å². The first-order chi connectivity index (χ1) is 7.77. The summed E-state index contributed by atoms with van der Waals surface area (Å²) in [4.78, 5) is 17.5. The molecule has 0 aromatic carbocycles. The zero-order chi connectivity index (χ0) is 13.2. The fourth-order valence-corrected chi connectivity index (χ4v) is 1.80. The van der Waals surface area contributed by atoms with Crippen LogP contribution in [0.1, 0.15) is 48.9 Å². The van der Waals surface area contributed by atoms with Gasteiger partial charge in [0, 0.05) is 22.5 Å². The van der Waals surface area contributed by atoms with Crippen LogP contribution in [-0.4, -0.2) is 34.8 Å². The molecule has 1 N–H and O–H groups in total. The van der Waals surface area contributed by atoms with Crippen LogP contribution < -0.4 is 0 Å². The van der Waals surface area contributed by atoms with Gasteiger partial charge in [0.05, 0.1) is 6.54 Å². The molecule has 96 valence electrons. The molecule has 1 heterocycles. The maximum atomic E-state index is 12.2. The summed E-state index contributed by atoms with van der Waals surface area (Å²) in [5.41, 5.74) is 2.90. The van der Waals surface area contributed by atoms with E-state index in [0.717, 1.165) is 23.4 Å². The molecule has 0 fully saturated rings. The molecule has 0 amide bonds. The lowest BCUT2D eigenvalue weighted by Gasteiger charge is -2.34. The molecule has 0 atom stereocenters. The van der Waals surface area contributed by atoms with Crippen LogP contribution in [-0.2, 0) is 0 Å². The Balaban J connectivity index is 2.77. The molecular weight excluding hydrogens is 212 g/mol. The number of nitrogens with one attached hydrogen (secondary N) is 1. The van der Waals surface area contributed by atoms with Crippen molar-refractivity contribution < 1.29 is 4.79 Å². The van der Waals surface area contributed by atoms with Crippen molar-refractivity contribution in [2.24, 2.45) is 0 Å². The third-order valence-electron chi connectivity index (χ3n) is 3.73. The SMILES string of the molecule is CCC(C)(C)N(C)CC(=O)c1cc(C)[nH]c1C. The molecule has 0 aliphatic heterocycles. The van der Waals surface area contributed by atoms with E-state index in [4.69, 9.17) is 0 Å². The van der Waals surface area contributed by atoms with Gasteiger partial charge in [0.1, 0.15) is 0 Å². The van der Waals surface area contributed by atoms with Crippen LogP contribution >= 0.6 is 0 Å². The Labute approximate surface area is 104 Å². The number of ketones is 1. The molecule has 0 aliphatic carbocycles. The average molecular weight is 236 g/mol. The van der Waals surface area contributed by atoms with Crippen LogP contribution in [0.3, 0.4) is 0 Å². The molecule has 0 spiro atoms. The predicted octanol–water partition coefficient (Wildman–Crippen LogP) is 2.93. The first-order valence-electron chi connectivity index (χ1n) is 6.18. The lowest BCUT2D eigenvalue weighted by Crippen LogP contribution is -2.43. The zero-order valence-electron chi connectivity index (χ0n) is 11.8. The largest absolute Gasteiger partial charge is 0.362 e. The van der Waals surface area contributed by atoms with Gasteiger partial charge in [-0.15, -0.1) is 0 Å². The standard InChI is InChI=1S/C14H24N2O/c1-7-14(4,5)16(6)9-13(17)12-8-10(2)15-11(12)3/h8,15H,7,9H2,1-6H3. The number of rotatable bonds is 5. The number of aromatic nitrogens is 1. The summed E-state index contributed by atoms with van der Waals surface area (Å²) in [7, 11) is 2.01. The monoisotopic (exact) mass is 236 g/mol. The second kappa shape index (κ2) is 5.05. The number of aryl methyl sites for hydroxylation is 2. The smallest absolute Gasteiger partial charge is 0.178 e. The topological polar surface area (TPSA) is 36.1 Å². The van der Waals surface area contributed by atoms with Gasteiger partial charge in [0.2, 0.25) is 0 Å². The van der Waals surface area contributed by atoms with Gasteiger partial charge in [-0.2, -0.15) is 0 Å². The summed E-state index contributed by atoms with van der Waals surface area (Å²) < 4.78 is 0. The molecule has 3 heteroatoms. The van der Waals surface area contributed by atoms with Crippen LogP contribution in [0.2, 0.25) is 0 Å². The van der Waals surface area contributed by atoms with E-state index in [1.807, 2.05) is 27.0 Å². The Morgan fingerprint density at radius 1 is 1.41 bits per heavy atom. The van der Waals surface area contributed by atoms with Crippen LogP contribution in [0, 0.1) is 13.8 Å². The van der Waals surface area contributed by atoms with Gasteiger partial charge in [-0.25, -0.2) is 0 Å². The maximum Gasteiger partial charge on any atom is 0.178 e. The summed E-state index contributed by atoms with van der Waals surface area (Å²) in [5.74, 6) is 0.191. The van der Waals surface area contributed by atoms with E-state index < -0.39 is 0 Å². The summed E-state index contributed by atoms with van der Waals surface area (Å²) in [5, 5.41) is 0. The summed E-state index contributed by atoms with van der Waals surface area (Å²) in [6.45, 7) is 10.9. The lowest BCUT2D eigenvalue weighted by molar-refractivity contribution is 0.0846. The van der Waals surface area contributed by atoms with Crippen LogP contribution in [0.15, 0.2) is 6.07 Å². The van der Waals surface area contributed by atoms with Crippen molar-refractivity contribution in [2.45, 2.75) is 46.6 Å². The Morgan fingerprint density at radius 2 is 2.00 bits per heavy atom. The molecule has 0 radical (unpaired) electrons. The zero-order valence-corrected chi connectivity index (χ0v) is 11.8. The number of carbonyl (C=O) groups excluding carboxylic acids is 1. The number of aromatic amines is 1. The number of hydrogen-bond donors (Lipinski definition) is 1. The van der Waals surface area contributed by atoms with Crippen molar-refractivity contribution in [3.05, 3.63) is 23.0 Å². The Kier molecular flexibility index (Phi) is 4.15. The van der Waals surface area contributed by atoms with Crippen LogP contribution in [0.25, 0.3) is 0 Å². The number of hydrogen-bond acceptors (Lipinski definition) is 2. The number of Topliss-reactive ketones (excluding diaryl/α,β-unsaturated/α-hetero) is 1. The highest BCUT2D eigenvalue weighted by Crippen LogP contribution is 2.18. The Morgan fingerprint density at radius 3 is 2.41 bits per heavy atom. The summed E-state index contributed by atoms with van der Waals surface area (Å²) >= 11 is 0. The van der Waals surface area contributed by atoms with Gasteiger partial charge in [-0.05, 0) is 47.2 Å². The van der Waals surface area contributed by atoms with Gasteiger partial charge in [0.25, 0.3) is 0 Å². The van der Waals surface area contributed by atoms with Crippen LogP contribution in [0.4, 0.5) is 0 Å². The Bertz CT molecular complexity index is 404. The molecule has 3 nitrogen and oxygen atoms in total. The molecule has 0 unspecified atom stereocenters. The van der Waals surface area contributed by atoms with E-state index in [9.17, 15) is 4.79 Å².